The van der Waals surface area contributed by atoms with Gasteiger partial charge in [-0.05, 0) is 6.92 Å². The van der Waals surface area contributed by atoms with Crippen LogP contribution in [0.25, 0.3) is 0 Å². The number of primary amides is 2. The SMILES string of the molecule is CC(C[S+](C)SCCC(N)=O)C(N)=O. The van der Waals surface area contributed by atoms with Gasteiger partial charge in [0.05, 0.1) is 32.4 Å². The molecular formula is C8H17N2O2S2+. The Morgan fingerprint density at radius 1 is 1.43 bits per heavy atom. The van der Waals surface area contributed by atoms with Gasteiger partial charge in [-0.15, -0.1) is 0 Å². The van der Waals surface area contributed by atoms with Gasteiger partial charge in [0.1, 0.15) is 12.0 Å². The fraction of sp³-hybridized carbons (Fsp3) is 0.750. The Morgan fingerprint density at radius 3 is 2.43 bits per heavy atom. The van der Waals surface area contributed by atoms with Gasteiger partial charge in [0.25, 0.3) is 0 Å². The van der Waals surface area contributed by atoms with Crippen molar-refractivity contribution >= 4 is 32.5 Å². The van der Waals surface area contributed by atoms with E-state index in [-0.39, 0.29) is 27.7 Å². The van der Waals surface area contributed by atoms with Crippen LogP contribution in [0.4, 0.5) is 0 Å². The van der Waals surface area contributed by atoms with Crippen LogP contribution in [0.3, 0.4) is 0 Å². The molecule has 0 heterocycles. The maximum Gasteiger partial charge on any atom is 0.225 e. The molecule has 4 N–H and O–H groups in total. The Kier molecular flexibility index (Phi) is 6.82. The molecule has 0 aromatic rings. The van der Waals surface area contributed by atoms with Gasteiger partial charge in [0.2, 0.25) is 11.8 Å². The van der Waals surface area contributed by atoms with E-state index in [2.05, 4.69) is 0 Å². The zero-order chi connectivity index (χ0) is 11.1. The maximum atomic E-state index is 10.8. The first kappa shape index (κ1) is 13.6. The molecule has 0 aromatic heterocycles. The zero-order valence-electron chi connectivity index (χ0n) is 8.49. The highest BCUT2D eigenvalue weighted by molar-refractivity contribution is 8.73. The first-order valence-corrected chi connectivity index (χ1v) is 7.57. The molecule has 0 radical (unpaired) electrons. The Morgan fingerprint density at radius 2 is 2.00 bits per heavy atom. The van der Waals surface area contributed by atoms with Crippen LogP contribution in [0.1, 0.15) is 13.3 Å². The fourth-order valence-electron chi connectivity index (χ4n) is 0.767. The molecule has 0 fully saturated rings. The van der Waals surface area contributed by atoms with Crippen molar-refractivity contribution in [2.75, 3.05) is 17.8 Å². The van der Waals surface area contributed by atoms with Crippen molar-refractivity contribution in [1.82, 2.24) is 0 Å². The number of amides is 2. The predicted molar refractivity (Wildman–Crippen MR) is 62.8 cm³/mol. The number of rotatable bonds is 7. The first-order chi connectivity index (χ1) is 6.43. The molecule has 0 spiro atoms. The van der Waals surface area contributed by atoms with Gasteiger partial charge in [-0.1, -0.05) is 0 Å². The molecule has 0 saturated carbocycles. The van der Waals surface area contributed by atoms with Crippen molar-refractivity contribution in [3.63, 3.8) is 0 Å². The monoisotopic (exact) mass is 237 g/mol. The van der Waals surface area contributed by atoms with Gasteiger partial charge >= 0.3 is 0 Å². The molecule has 4 nitrogen and oxygen atoms in total. The minimum absolute atomic E-state index is 0.0709. The van der Waals surface area contributed by atoms with E-state index in [0.717, 1.165) is 11.5 Å². The summed E-state index contributed by atoms with van der Waals surface area (Å²) >= 11 is 0. The van der Waals surface area contributed by atoms with Crippen molar-refractivity contribution < 1.29 is 9.59 Å². The standard InChI is InChI=1S/C8H16N2O2S2/c1-6(8(10)12)5-14(2)13-4-3-7(9)11/h6H,3-5H2,1-2H3,(H3-,9,10,11,12)/p+1. The second-order valence-corrected chi connectivity index (χ2v) is 7.62. The summed E-state index contributed by atoms with van der Waals surface area (Å²) in [5, 5.41) is 0. The summed E-state index contributed by atoms with van der Waals surface area (Å²) in [7, 11) is 1.74. The van der Waals surface area contributed by atoms with Crippen LogP contribution in [-0.4, -0.2) is 29.6 Å². The lowest BCUT2D eigenvalue weighted by molar-refractivity contribution is -0.120. The van der Waals surface area contributed by atoms with Crippen LogP contribution in [0.15, 0.2) is 0 Å². The molecule has 0 saturated heterocycles. The third-order valence-electron chi connectivity index (χ3n) is 1.60. The second-order valence-electron chi connectivity index (χ2n) is 3.08. The molecule has 2 atom stereocenters. The maximum absolute atomic E-state index is 10.8. The summed E-state index contributed by atoms with van der Waals surface area (Å²) in [6.07, 6.45) is 2.44. The van der Waals surface area contributed by atoms with Gasteiger partial charge in [0, 0.05) is 6.42 Å². The molecule has 0 aliphatic rings. The summed E-state index contributed by atoms with van der Waals surface area (Å²) in [6, 6.07) is 0. The highest BCUT2D eigenvalue weighted by Gasteiger charge is 2.21. The highest BCUT2D eigenvalue weighted by Crippen LogP contribution is 2.17. The third-order valence-corrected chi connectivity index (χ3v) is 5.46. The molecule has 0 aliphatic carbocycles. The summed E-state index contributed by atoms with van der Waals surface area (Å²) in [5.41, 5.74) is 10.1. The Hall–Kier alpha value is -0.360. The number of carbonyl (C=O) groups is 2. The first-order valence-electron chi connectivity index (χ1n) is 4.27. The van der Waals surface area contributed by atoms with Crippen LogP contribution >= 0.6 is 10.8 Å². The lowest BCUT2D eigenvalue weighted by Crippen LogP contribution is -2.26. The normalized spacial score (nSPS) is 14.7. The van der Waals surface area contributed by atoms with Crippen molar-refractivity contribution in [3.8, 4) is 0 Å². The Balaban J connectivity index is 3.59. The molecule has 2 amide bonds. The average Bonchev–Trinajstić information content (AvgIpc) is 2.02. The van der Waals surface area contributed by atoms with Crippen molar-refractivity contribution in [2.45, 2.75) is 13.3 Å². The van der Waals surface area contributed by atoms with E-state index < -0.39 is 0 Å². The van der Waals surface area contributed by atoms with E-state index in [4.69, 9.17) is 11.5 Å². The van der Waals surface area contributed by atoms with E-state index in [9.17, 15) is 9.59 Å². The van der Waals surface area contributed by atoms with E-state index >= 15 is 0 Å². The Labute approximate surface area is 90.9 Å². The molecular weight excluding hydrogens is 220 g/mol. The molecule has 82 valence electrons. The zero-order valence-corrected chi connectivity index (χ0v) is 10.1. The van der Waals surface area contributed by atoms with E-state index in [0.29, 0.717) is 6.42 Å². The van der Waals surface area contributed by atoms with E-state index in [1.807, 2.05) is 13.2 Å². The average molecular weight is 237 g/mol. The molecule has 6 heteroatoms. The van der Waals surface area contributed by atoms with Gasteiger partial charge in [0.15, 0.2) is 0 Å². The molecule has 0 aromatic carbocycles. The largest absolute Gasteiger partial charge is 0.370 e. The molecule has 0 aliphatic heterocycles. The number of hydrogen-bond donors (Lipinski definition) is 2. The summed E-state index contributed by atoms with van der Waals surface area (Å²) in [4.78, 5) is 21.2. The van der Waals surface area contributed by atoms with Crippen molar-refractivity contribution in [1.29, 1.82) is 0 Å². The minimum atomic E-state index is -0.280. The quantitative estimate of drug-likeness (QED) is 0.478. The lowest BCUT2D eigenvalue weighted by Gasteiger charge is -2.05. The molecule has 2 unspecified atom stereocenters. The molecule has 0 rings (SSSR count). The van der Waals surface area contributed by atoms with Gasteiger partial charge in [-0.25, -0.2) is 0 Å². The molecule has 14 heavy (non-hydrogen) atoms. The molecule has 0 bridgehead atoms. The fourth-order valence-corrected chi connectivity index (χ4v) is 4.31. The number of nitrogens with two attached hydrogens (primary N) is 2. The smallest absolute Gasteiger partial charge is 0.225 e. The van der Waals surface area contributed by atoms with Crippen LogP contribution < -0.4 is 11.5 Å². The van der Waals surface area contributed by atoms with E-state index in [1.165, 1.54) is 0 Å². The summed E-state index contributed by atoms with van der Waals surface area (Å²) in [5.74, 6) is 0.862. The van der Waals surface area contributed by atoms with E-state index in [1.54, 1.807) is 10.8 Å². The summed E-state index contributed by atoms with van der Waals surface area (Å²) in [6.45, 7) is 1.82. The van der Waals surface area contributed by atoms with Crippen LogP contribution in [0.5, 0.6) is 0 Å². The van der Waals surface area contributed by atoms with Gasteiger partial charge < -0.3 is 11.5 Å². The number of hydrogen-bond acceptors (Lipinski definition) is 3. The topological polar surface area (TPSA) is 86.2 Å². The van der Waals surface area contributed by atoms with Crippen LogP contribution in [0, 0.1) is 5.92 Å². The van der Waals surface area contributed by atoms with Crippen molar-refractivity contribution in [3.05, 3.63) is 0 Å². The third kappa shape index (κ3) is 7.08. The Bertz CT molecular complexity index is 212. The predicted octanol–water partition coefficient (Wildman–Crippen LogP) is -0.120. The van der Waals surface area contributed by atoms with Crippen molar-refractivity contribution in [2.24, 2.45) is 17.4 Å². The summed E-state index contributed by atoms with van der Waals surface area (Å²) < 4.78 is 0. The highest BCUT2D eigenvalue weighted by atomic mass is 33.1. The van der Waals surface area contributed by atoms with Gasteiger partial charge in [-0.2, -0.15) is 0 Å². The lowest BCUT2D eigenvalue weighted by atomic mass is 10.2. The second kappa shape index (κ2) is 7.00. The number of carbonyl (C=O) groups excluding carboxylic acids is 2. The minimum Gasteiger partial charge on any atom is -0.370 e. The van der Waals surface area contributed by atoms with Crippen LogP contribution in [-0.2, 0) is 19.5 Å². The van der Waals surface area contributed by atoms with Gasteiger partial charge in [-0.3, -0.25) is 9.59 Å². The van der Waals surface area contributed by atoms with Crippen LogP contribution in [0.2, 0.25) is 0 Å².